The SMILES string of the molecule is N#Cc1cccc(NC(=O)CN2CC3CCC2C3)c1. The van der Waals surface area contributed by atoms with Gasteiger partial charge in [0, 0.05) is 18.3 Å². The first-order valence-electron chi connectivity index (χ1n) is 6.78. The number of carbonyl (C=O) groups excluding carboxylic acids is 1. The van der Waals surface area contributed by atoms with E-state index in [1.165, 1.54) is 19.3 Å². The highest BCUT2D eigenvalue weighted by Gasteiger charge is 2.38. The fourth-order valence-corrected chi connectivity index (χ4v) is 3.27. The summed E-state index contributed by atoms with van der Waals surface area (Å²) < 4.78 is 0. The van der Waals surface area contributed by atoms with Gasteiger partial charge in [-0.1, -0.05) is 6.07 Å². The average molecular weight is 255 g/mol. The number of amides is 1. The van der Waals surface area contributed by atoms with Crippen molar-refractivity contribution in [2.75, 3.05) is 18.4 Å². The van der Waals surface area contributed by atoms with Crippen LogP contribution >= 0.6 is 0 Å². The fourth-order valence-electron chi connectivity index (χ4n) is 3.27. The summed E-state index contributed by atoms with van der Waals surface area (Å²) in [7, 11) is 0. The van der Waals surface area contributed by atoms with E-state index in [9.17, 15) is 4.79 Å². The number of hydrogen-bond donors (Lipinski definition) is 1. The molecule has 1 heterocycles. The monoisotopic (exact) mass is 255 g/mol. The zero-order valence-corrected chi connectivity index (χ0v) is 10.8. The molecule has 2 fully saturated rings. The van der Waals surface area contributed by atoms with E-state index < -0.39 is 0 Å². The lowest BCUT2D eigenvalue weighted by molar-refractivity contribution is -0.117. The molecular formula is C15H17N3O. The summed E-state index contributed by atoms with van der Waals surface area (Å²) >= 11 is 0. The van der Waals surface area contributed by atoms with Gasteiger partial charge in [-0.05, 0) is 43.4 Å². The quantitative estimate of drug-likeness (QED) is 0.898. The number of fused-ring (bicyclic) bond motifs is 2. The van der Waals surface area contributed by atoms with Crippen LogP contribution in [-0.4, -0.2) is 29.9 Å². The van der Waals surface area contributed by atoms with Crippen LogP contribution in [0.4, 0.5) is 5.69 Å². The number of carbonyl (C=O) groups is 1. The van der Waals surface area contributed by atoms with Crippen molar-refractivity contribution in [1.82, 2.24) is 4.90 Å². The Kier molecular flexibility index (Phi) is 3.22. The Labute approximate surface area is 113 Å². The van der Waals surface area contributed by atoms with Gasteiger partial charge in [-0.3, -0.25) is 9.69 Å². The number of benzene rings is 1. The number of anilines is 1. The summed E-state index contributed by atoms with van der Waals surface area (Å²) in [4.78, 5) is 14.3. The molecule has 4 heteroatoms. The van der Waals surface area contributed by atoms with Gasteiger partial charge in [0.15, 0.2) is 0 Å². The minimum Gasteiger partial charge on any atom is -0.325 e. The summed E-state index contributed by atoms with van der Waals surface area (Å²) in [6, 6.07) is 9.72. The van der Waals surface area contributed by atoms with Crippen molar-refractivity contribution in [2.24, 2.45) is 5.92 Å². The predicted molar refractivity (Wildman–Crippen MR) is 72.5 cm³/mol. The highest BCUT2D eigenvalue weighted by Crippen LogP contribution is 2.36. The maximum atomic E-state index is 12.0. The summed E-state index contributed by atoms with van der Waals surface area (Å²) in [5.74, 6) is 0.822. The van der Waals surface area contributed by atoms with Crippen LogP contribution in [0.1, 0.15) is 24.8 Å². The van der Waals surface area contributed by atoms with E-state index in [0.29, 0.717) is 23.8 Å². The van der Waals surface area contributed by atoms with Crippen molar-refractivity contribution < 1.29 is 4.79 Å². The molecule has 0 spiro atoms. The molecule has 0 aromatic heterocycles. The zero-order valence-electron chi connectivity index (χ0n) is 10.8. The van der Waals surface area contributed by atoms with Crippen molar-refractivity contribution in [1.29, 1.82) is 5.26 Å². The molecule has 2 unspecified atom stereocenters. The standard InChI is InChI=1S/C15H17N3O/c16-8-11-2-1-3-13(6-11)17-15(19)10-18-9-12-4-5-14(18)7-12/h1-3,6,12,14H,4-5,7,9-10H2,(H,17,19). The number of nitrogens with zero attached hydrogens (tertiary/aromatic N) is 2. The van der Waals surface area contributed by atoms with Crippen molar-refractivity contribution >= 4 is 11.6 Å². The fraction of sp³-hybridized carbons (Fsp3) is 0.467. The average Bonchev–Trinajstić information content (AvgIpc) is 3.01. The molecule has 19 heavy (non-hydrogen) atoms. The molecular weight excluding hydrogens is 238 g/mol. The molecule has 1 aromatic rings. The van der Waals surface area contributed by atoms with Crippen molar-refractivity contribution in [2.45, 2.75) is 25.3 Å². The third kappa shape index (κ3) is 2.61. The van der Waals surface area contributed by atoms with Gasteiger partial charge in [0.1, 0.15) is 0 Å². The van der Waals surface area contributed by atoms with Crippen molar-refractivity contribution in [3.05, 3.63) is 29.8 Å². The topological polar surface area (TPSA) is 56.1 Å². The zero-order chi connectivity index (χ0) is 13.2. The first kappa shape index (κ1) is 12.2. The van der Waals surface area contributed by atoms with Gasteiger partial charge >= 0.3 is 0 Å². The second-order valence-electron chi connectivity index (χ2n) is 5.50. The van der Waals surface area contributed by atoms with Crippen LogP contribution in [-0.2, 0) is 4.79 Å². The molecule has 1 N–H and O–H groups in total. The molecule has 1 aliphatic heterocycles. The van der Waals surface area contributed by atoms with Gasteiger partial charge < -0.3 is 5.32 Å². The number of nitrogens with one attached hydrogen (secondary N) is 1. The predicted octanol–water partition coefficient (Wildman–Crippen LogP) is 1.98. The van der Waals surface area contributed by atoms with Crippen LogP contribution in [0.5, 0.6) is 0 Å². The van der Waals surface area contributed by atoms with E-state index in [1.54, 1.807) is 18.2 Å². The Balaban J connectivity index is 1.58. The normalized spacial score (nSPS) is 25.2. The second kappa shape index (κ2) is 5.02. The highest BCUT2D eigenvalue weighted by atomic mass is 16.2. The summed E-state index contributed by atoms with van der Waals surface area (Å²) in [6.07, 6.45) is 3.83. The number of piperidine rings is 1. The van der Waals surface area contributed by atoms with Crippen molar-refractivity contribution in [3.63, 3.8) is 0 Å². The lowest BCUT2D eigenvalue weighted by Gasteiger charge is -2.25. The van der Waals surface area contributed by atoms with Gasteiger partial charge in [-0.2, -0.15) is 5.26 Å². The Morgan fingerprint density at radius 2 is 2.37 bits per heavy atom. The van der Waals surface area contributed by atoms with Gasteiger partial charge in [-0.15, -0.1) is 0 Å². The molecule has 1 saturated heterocycles. The third-order valence-electron chi connectivity index (χ3n) is 4.14. The molecule has 1 amide bonds. The molecule has 2 aliphatic rings. The molecule has 2 bridgehead atoms. The Bertz CT molecular complexity index is 534. The van der Waals surface area contributed by atoms with Gasteiger partial charge in [-0.25, -0.2) is 0 Å². The lowest BCUT2D eigenvalue weighted by atomic mass is 10.1. The van der Waals surface area contributed by atoms with Crippen LogP contribution in [0.3, 0.4) is 0 Å². The van der Waals surface area contributed by atoms with Crippen molar-refractivity contribution in [3.8, 4) is 6.07 Å². The van der Waals surface area contributed by atoms with Gasteiger partial charge in [0.25, 0.3) is 0 Å². The van der Waals surface area contributed by atoms with E-state index in [1.807, 2.05) is 6.07 Å². The summed E-state index contributed by atoms with van der Waals surface area (Å²) in [6.45, 7) is 1.54. The van der Waals surface area contributed by atoms with E-state index in [-0.39, 0.29) is 5.91 Å². The van der Waals surface area contributed by atoms with Crippen LogP contribution in [0, 0.1) is 17.2 Å². The first-order valence-corrected chi connectivity index (χ1v) is 6.78. The number of hydrogen-bond acceptors (Lipinski definition) is 3. The molecule has 1 aromatic carbocycles. The van der Waals surface area contributed by atoms with Crippen LogP contribution < -0.4 is 5.32 Å². The van der Waals surface area contributed by atoms with E-state index in [0.717, 1.165) is 12.5 Å². The number of likely N-dealkylation sites (tertiary alicyclic amines) is 1. The number of rotatable bonds is 3. The largest absolute Gasteiger partial charge is 0.325 e. The minimum absolute atomic E-state index is 0.0163. The van der Waals surface area contributed by atoms with E-state index in [4.69, 9.17) is 5.26 Å². The van der Waals surface area contributed by atoms with Gasteiger partial charge in [0.05, 0.1) is 18.2 Å². The van der Waals surface area contributed by atoms with E-state index in [2.05, 4.69) is 16.3 Å². The smallest absolute Gasteiger partial charge is 0.238 e. The maximum absolute atomic E-state index is 12.0. The highest BCUT2D eigenvalue weighted by molar-refractivity contribution is 5.92. The molecule has 3 rings (SSSR count). The molecule has 1 aliphatic carbocycles. The van der Waals surface area contributed by atoms with Crippen LogP contribution in [0.25, 0.3) is 0 Å². The second-order valence-corrected chi connectivity index (χ2v) is 5.50. The molecule has 98 valence electrons. The van der Waals surface area contributed by atoms with Gasteiger partial charge in [0.2, 0.25) is 5.91 Å². The first-order chi connectivity index (χ1) is 9.24. The van der Waals surface area contributed by atoms with E-state index >= 15 is 0 Å². The summed E-state index contributed by atoms with van der Waals surface area (Å²) in [5.41, 5.74) is 1.27. The molecule has 0 radical (unpaired) electrons. The Morgan fingerprint density at radius 1 is 1.47 bits per heavy atom. The summed E-state index contributed by atoms with van der Waals surface area (Å²) in [5, 5.41) is 11.7. The van der Waals surface area contributed by atoms with Crippen LogP contribution in [0.2, 0.25) is 0 Å². The third-order valence-corrected chi connectivity index (χ3v) is 4.14. The van der Waals surface area contributed by atoms with Crippen LogP contribution in [0.15, 0.2) is 24.3 Å². The maximum Gasteiger partial charge on any atom is 0.238 e. The number of nitriles is 1. The molecule has 2 atom stereocenters. The minimum atomic E-state index is 0.0163. The lowest BCUT2D eigenvalue weighted by Crippen LogP contribution is -2.38. The Morgan fingerprint density at radius 3 is 3.05 bits per heavy atom. The molecule has 4 nitrogen and oxygen atoms in total. The Hall–Kier alpha value is -1.86. The molecule has 1 saturated carbocycles.